The highest BCUT2D eigenvalue weighted by Crippen LogP contribution is 2.39. The molecule has 2 saturated heterocycles. The molecule has 0 spiro atoms. The quantitative estimate of drug-likeness (QED) is 0.795. The van der Waals surface area contributed by atoms with Crippen LogP contribution >= 0.6 is 0 Å². The average Bonchev–Trinajstić information content (AvgIpc) is 3.16. The van der Waals surface area contributed by atoms with Gasteiger partial charge in [-0.1, -0.05) is 30.3 Å². The standard InChI is InChI=1S/C19H25N5O/c1-12-10-13(2)24(23-12)9-8-15-11-16(25)20-19-17(15)18(21-22-19)14-6-4-3-5-7-14/h3-7,10,15,17-19,21-22H,8-9,11H2,1-2H3,(H,20,25). The number of amides is 1. The van der Waals surface area contributed by atoms with Gasteiger partial charge in [-0.2, -0.15) is 5.10 Å². The minimum Gasteiger partial charge on any atom is -0.339 e. The van der Waals surface area contributed by atoms with E-state index in [9.17, 15) is 4.79 Å². The van der Waals surface area contributed by atoms with Crippen molar-refractivity contribution in [3.8, 4) is 0 Å². The molecule has 3 N–H and O–H groups in total. The third-order valence-corrected chi connectivity index (χ3v) is 5.45. The van der Waals surface area contributed by atoms with E-state index in [1.54, 1.807) is 0 Å². The van der Waals surface area contributed by atoms with E-state index < -0.39 is 0 Å². The predicted octanol–water partition coefficient (Wildman–Crippen LogP) is 1.82. The lowest BCUT2D eigenvalue weighted by molar-refractivity contribution is -0.126. The number of rotatable bonds is 4. The normalized spacial score (nSPS) is 28.6. The zero-order valence-electron chi connectivity index (χ0n) is 14.7. The first-order valence-corrected chi connectivity index (χ1v) is 8.98. The molecule has 2 aliphatic rings. The highest BCUT2D eigenvalue weighted by molar-refractivity contribution is 5.77. The summed E-state index contributed by atoms with van der Waals surface area (Å²) in [6.07, 6.45) is 1.51. The Morgan fingerprint density at radius 3 is 2.72 bits per heavy atom. The van der Waals surface area contributed by atoms with Crippen molar-refractivity contribution >= 4 is 5.91 Å². The first-order chi connectivity index (χ1) is 12.1. The molecule has 2 fully saturated rings. The molecule has 2 aliphatic heterocycles. The van der Waals surface area contributed by atoms with Gasteiger partial charge in [0.1, 0.15) is 0 Å². The van der Waals surface area contributed by atoms with Gasteiger partial charge >= 0.3 is 0 Å². The summed E-state index contributed by atoms with van der Waals surface area (Å²) < 4.78 is 2.06. The maximum Gasteiger partial charge on any atom is 0.221 e. The molecule has 0 radical (unpaired) electrons. The topological polar surface area (TPSA) is 71.0 Å². The SMILES string of the molecule is Cc1cc(C)n(CCC2CC(=O)NC3NNC(c4ccccc4)C23)n1. The van der Waals surface area contributed by atoms with Gasteiger partial charge in [-0.25, -0.2) is 10.9 Å². The van der Waals surface area contributed by atoms with Gasteiger partial charge in [0, 0.05) is 24.6 Å². The third kappa shape index (κ3) is 3.19. The molecule has 0 saturated carbocycles. The van der Waals surface area contributed by atoms with Gasteiger partial charge in [-0.15, -0.1) is 0 Å². The Kier molecular flexibility index (Phi) is 4.31. The molecule has 1 aromatic heterocycles. The second-order valence-corrected chi connectivity index (χ2v) is 7.20. The van der Waals surface area contributed by atoms with Gasteiger partial charge in [-0.05, 0) is 37.8 Å². The molecule has 4 atom stereocenters. The molecule has 0 bridgehead atoms. The number of hydrogen-bond donors (Lipinski definition) is 3. The van der Waals surface area contributed by atoms with Crippen molar-refractivity contribution in [2.75, 3.05) is 0 Å². The largest absolute Gasteiger partial charge is 0.339 e. The number of nitrogens with one attached hydrogen (secondary N) is 3. The van der Waals surface area contributed by atoms with Gasteiger partial charge in [-0.3, -0.25) is 9.48 Å². The van der Waals surface area contributed by atoms with E-state index in [0.717, 1.165) is 18.7 Å². The smallest absolute Gasteiger partial charge is 0.221 e. The van der Waals surface area contributed by atoms with Crippen LogP contribution in [0.15, 0.2) is 36.4 Å². The number of nitrogens with zero attached hydrogens (tertiary/aromatic N) is 2. The second-order valence-electron chi connectivity index (χ2n) is 7.20. The Balaban J connectivity index is 1.54. The molecule has 132 valence electrons. The summed E-state index contributed by atoms with van der Waals surface area (Å²) in [5, 5.41) is 7.65. The molecule has 2 aromatic rings. The molecule has 1 aromatic carbocycles. The number of aryl methyl sites for hydroxylation is 3. The second kappa shape index (κ2) is 6.61. The fourth-order valence-corrected chi connectivity index (χ4v) is 4.30. The molecule has 4 rings (SSSR count). The fraction of sp³-hybridized carbons (Fsp3) is 0.474. The average molecular weight is 339 g/mol. The monoisotopic (exact) mass is 339 g/mol. The first-order valence-electron chi connectivity index (χ1n) is 8.98. The van der Waals surface area contributed by atoms with Crippen LogP contribution in [-0.4, -0.2) is 21.9 Å². The summed E-state index contributed by atoms with van der Waals surface area (Å²) >= 11 is 0. The lowest BCUT2D eigenvalue weighted by atomic mass is 9.76. The van der Waals surface area contributed by atoms with Crippen LogP contribution in [0.2, 0.25) is 0 Å². The molecule has 6 nitrogen and oxygen atoms in total. The molecule has 6 heteroatoms. The van der Waals surface area contributed by atoms with Crippen molar-refractivity contribution in [1.82, 2.24) is 25.9 Å². The van der Waals surface area contributed by atoms with Crippen molar-refractivity contribution < 1.29 is 4.79 Å². The lowest BCUT2D eigenvalue weighted by Crippen LogP contribution is -2.53. The zero-order valence-corrected chi connectivity index (χ0v) is 14.7. The lowest BCUT2D eigenvalue weighted by Gasteiger charge is -2.36. The van der Waals surface area contributed by atoms with Gasteiger partial charge < -0.3 is 5.32 Å². The van der Waals surface area contributed by atoms with Crippen molar-refractivity contribution in [3.05, 3.63) is 53.3 Å². The van der Waals surface area contributed by atoms with E-state index in [2.05, 4.69) is 63.2 Å². The zero-order chi connectivity index (χ0) is 17.4. The number of carbonyl (C=O) groups excluding carboxylic acids is 1. The Hall–Kier alpha value is -2.18. The van der Waals surface area contributed by atoms with E-state index in [1.807, 2.05) is 13.0 Å². The number of carbonyl (C=O) groups is 1. The van der Waals surface area contributed by atoms with Crippen LogP contribution in [0.25, 0.3) is 0 Å². The Morgan fingerprint density at radius 1 is 1.20 bits per heavy atom. The molecule has 4 unspecified atom stereocenters. The summed E-state index contributed by atoms with van der Waals surface area (Å²) in [6, 6.07) is 12.8. The molecular formula is C19H25N5O. The van der Waals surface area contributed by atoms with Gasteiger partial charge in [0.2, 0.25) is 5.91 Å². The Bertz CT molecular complexity index is 756. The number of hydrazine groups is 1. The third-order valence-electron chi connectivity index (χ3n) is 5.45. The fourth-order valence-electron chi connectivity index (χ4n) is 4.30. The van der Waals surface area contributed by atoms with Crippen molar-refractivity contribution in [2.45, 2.75) is 45.4 Å². The van der Waals surface area contributed by atoms with Crippen LogP contribution in [-0.2, 0) is 11.3 Å². The van der Waals surface area contributed by atoms with E-state index in [0.29, 0.717) is 18.3 Å². The van der Waals surface area contributed by atoms with Crippen LogP contribution in [0.5, 0.6) is 0 Å². The number of aromatic nitrogens is 2. The Morgan fingerprint density at radius 2 is 2.00 bits per heavy atom. The maximum absolute atomic E-state index is 12.1. The van der Waals surface area contributed by atoms with Crippen LogP contribution in [0.4, 0.5) is 0 Å². The summed E-state index contributed by atoms with van der Waals surface area (Å²) in [7, 11) is 0. The van der Waals surface area contributed by atoms with Crippen LogP contribution in [0.3, 0.4) is 0 Å². The highest BCUT2D eigenvalue weighted by Gasteiger charge is 2.45. The summed E-state index contributed by atoms with van der Waals surface area (Å²) in [4.78, 5) is 12.1. The maximum atomic E-state index is 12.1. The van der Waals surface area contributed by atoms with Crippen LogP contribution in [0.1, 0.15) is 35.8 Å². The molecule has 0 aliphatic carbocycles. The molecule has 25 heavy (non-hydrogen) atoms. The van der Waals surface area contributed by atoms with E-state index >= 15 is 0 Å². The first kappa shape index (κ1) is 16.3. The number of fused-ring (bicyclic) bond motifs is 1. The van der Waals surface area contributed by atoms with Crippen LogP contribution in [0, 0.1) is 25.7 Å². The van der Waals surface area contributed by atoms with Gasteiger partial charge in [0.15, 0.2) is 0 Å². The molecule has 1 amide bonds. The van der Waals surface area contributed by atoms with Gasteiger partial charge in [0.25, 0.3) is 0 Å². The molecular weight excluding hydrogens is 314 g/mol. The predicted molar refractivity (Wildman–Crippen MR) is 95.3 cm³/mol. The van der Waals surface area contributed by atoms with Gasteiger partial charge in [0.05, 0.1) is 17.9 Å². The van der Waals surface area contributed by atoms with E-state index in [4.69, 9.17) is 0 Å². The number of piperidine rings is 1. The van der Waals surface area contributed by atoms with E-state index in [1.165, 1.54) is 11.3 Å². The highest BCUT2D eigenvalue weighted by atomic mass is 16.2. The van der Waals surface area contributed by atoms with Crippen molar-refractivity contribution in [2.24, 2.45) is 11.8 Å². The summed E-state index contributed by atoms with van der Waals surface area (Å²) in [5.74, 6) is 0.773. The summed E-state index contributed by atoms with van der Waals surface area (Å²) in [5.41, 5.74) is 10.1. The van der Waals surface area contributed by atoms with Crippen LogP contribution < -0.4 is 16.2 Å². The van der Waals surface area contributed by atoms with Crippen molar-refractivity contribution in [3.63, 3.8) is 0 Å². The number of hydrogen-bond acceptors (Lipinski definition) is 4. The summed E-state index contributed by atoms with van der Waals surface area (Å²) in [6.45, 7) is 4.95. The van der Waals surface area contributed by atoms with Crippen molar-refractivity contribution in [1.29, 1.82) is 0 Å². The minimum absolute atomic E-state index is 0.0167. The molecule has 3 heterocycles. The number of benzene rings is 1. The Labute approximate surface area is 148 Å². The minimum atomic E-state index is -0.0167. The van der Waals surface area contributed by atoms with E-state index in [-0.39, 0.29) is 18.1 Å².